The molecule has 2 heterocycles. The maximum atomic E-state index is 11.6. The minimum atomic E-state index is 0.308. The largest absolute Gasteiger partial charge is 0.302 e. The summed E-state index contributed by atoms with van der Waals surface area (Å²) in [6.45, 7) is 2.11. The zero-order valence-electron chi connectivity index (χ0n) is 15.5. The minimum Gasteiger partial charge on any atom is -0.302 e. The van der Waals surface area contributed by atoms with E-state index in [-0.39, 0.29) is 0 Å². The second-order valence-corrected chi connectivity index (χ2v) is 8.86. The fourth-order valence-corrected chi connectivity index (χ4v) is 5.56. The number of fused-ring (bicyclic) bond motifs is 1. The Balaban J connectivity index is 1.68. The first-order chi connectivity index (χ1) is 12.8. The Kier molecular flexibility index (Phi) is 5.34. The molecule has 0 radical (unpaired) electrons. The second kappa shape index (κ2) is 7.87. The van der Waals surface area contributed by atoms with Gasteiger partial charge in [0.1, 0.15) is 4.83 Å². The van der Waals surface area contributed by atoms with Crippen molar-refractivity contribution in [1.82, 2.24) is 9.88 Å². The van der Waals surface area contributed by atoms with Crippen LogP contribution in [-0.2, 0) is 4.79 Å². The molecule has 2 aliphatic rings. The van der Waals surface area contributed by atoms with E-state index in [1.165, 1.54) is 60.8 Å². The Labute approximate surface area is 159 Å². The average Bonchev–Trinajstić information content (AvgIpc) is 3.31. The predicted molar refractivity (Wildman–Crippen MR) is 108 cm³/mol. The van der Waals surface area contributed by atoms with E-state index in [1.807, 2.05) is 6.20 Å². The summed E-state index contributed by atoms with van der Waals surface area (Å²) >= 11 is 1.71. The van der Waals surface area contributed by atoms with Crippen molar-refractivity contribution in [3.8, 4) is 0 Å². The van der Waals surface area contributed by atoms with Crippen LogP contribution in [0.4, 0.5) is 5.69 Å². The zero-order chi connectivity index (χ0) is 17.9. The Morgan fingerprint density at radius 2 is 1.88 bits per heavy atom. The van der Waals surface area contributed by atoms with Crippen LogP contribution in [-0.4, -0.2) is 28.7 Å². The monoisotopic (exact) mass is 369 g/mol. The summed E-state index contributed by atoms with van der Waals surface area (Å²) in [5.74, 6) is 0.629. The summed E-state index contributed by atoms with van der Waals surface area (Å²) in [6.07, 6.45) is 15.7. The first kappa shape index (κ1) is 17.7. The van der Waals surface area contributed by atoms with E-state index in [9.17, 15) is 4.79 Å². The van der Waals surface area contributed by atoms with Gasteiger partial charge in [0.05, 0.1) is 12.0 Å². The van der Waals surface area contributed by atoms with Gasteiger partial charge in [0.2, 0.25) is 6.41 Å². The van der Waals surface area contributed by atoms with Crippen LogP contribution in [0.2, 0.25) is 0 Å². The van der Waals surface area contributed by atoms with E-state index in [1.54, 1.807) is 22.6 Å². The van der Waals surface area contributed by atoms with Gasteiger partial charge in [-0.15, -0.1) is 11.3 Å². The molecule has 0 bridgehead atoms. The molecule has 0 atom stereocenters. The highest BCUT2D eigenvalue weighted by atomic mass is 32.1. The highest BCUT2D eigenvalue weighted by Crippen LogP contribution is 2.44. The summed E-state index contributed by atoms with van der Waals surface area (Å²) in [4.78, 5) is 25.1. The number of hydrogen-bond acceptors (Lipinski definition) is 4. The van der Waals surface area contributed by atoms with Crippen molar-refractivity contribution >= 4 is 40.0 Å². The molecule has 2 fully saturated rings. The molecule has 4 nitrogen and oxygen atoms in total. The van der Waals surface area contributed by atoms with Crippen LogP contribution in [0.3, 0.4) is 0 Å². The van der Waals surface area contributed by atoms with Gasteiger partial charge in [0.15, 0.2) is 0 Å². The van der Waals surface area contributed by atoms with Gasteiger partial charge in [0.25, 0.3) is 0 Å². The molecule has 0 spiro atoms. The first-order valence-corrected chi connectivity index (χ1v) is 10.7. The molecule has 0 aliphatic heterocycles. The van der Waals surface area contributed by atoms with E-state index in [0.29, 0.717) is 12.0 Å². The number of nitrogens with zero attached hydrogens (tertiary/aromatic N) is 3. The summed E-state index contributed by atoms with van der Waals surface area (Å²) in [6, 6.07) is 2.49. The molecule has 2 saturated carbocycles. The second-order valence-electron chi connectivity index (χ2n) is 7.66. The van der Waals surface area contributed by atoms with Gasteiger partial charge in [-0.05, 0) is 50.2 Å². The van der Waals surface area contributed by atoms with Crippen molar-refractivity contribution < 1.29 is 4.79 Å². The van der Waals surface area contributed by atoms with Gasteiger partial charge < -0.3 is 4.90 Å². The number of aryl methyl sites for hydroxylation is 1. The molecule has 0 unspecified atom stereocenters. The van der Waals surface area contributed by atoms with Gasteiger partial charge in [-0.3, -0.25) is 4.79 Å². The highest BCUT2D eigenvalue weighted by molar-refractivity contribution is 7.19. The SMILES string of the molecule is Cc1sc2nccc(C3CCCC3)c2c1N=CN(C=O)C1CCCCC1. The number of thiophene rings is 1. The van der Waals surface area contributed by atoms with Gasteiger partial charge in [-0.2, -0.15) is 0 Å². The van der Waals surface area contributed by atoms with Gasteiger partial charge in [-0.1, -0.05) is 32.1 Å². The first-order valence-electron chi connectivity index (χ1n) is 9.93. The molecule has 5 heteroatoms. The standard InChI is InChI=1S/C21H27N3OS/c1-15-20(23-13-24(14-25)17-9-3-2-4-10-17)19-18(16-7-5-6-8-16)11-12-22-21(19)26-15/h11-14,16-17H,2-10H2,1H3. The maximum absolute atomic E-state index is 11.6. The van der Waals surface area contributed by atoms with Gasteiger partial charge in [0, 0.05) is 22.5 Å². The fraction of sp³-hybridized carbons (Fsp3) is 0.571. The van der Waals surface area contributed by atoms with Crippen LogP contribution < -0.4 is 0 Å². The molecule has 4 rings (SSSR count). The molecule has 2 aromatic heterocycles. The Bertz CT molecular complexity index is 801. The number of aromatic nitrogens is 1. The number of hydrogen-bond donors (Lipinski definition) is 0. The quantitative estimate of drug-likeness (QED) is 0.385. The van der Waals surface area contributed by atoms with E-state index in [0.717, 1.165) is 29.8 Å². The van der Waals surface area contributed by atoms with Crippen LogP contribution in [0.15, 0.2) is 17.3 Å². The number of carbonyl (C=O) groups excluding carboxylic acids is 1. The number of pyridine rings is 1. The van der Waals surface area contributed by atoms with Crippen molar-refractivity contribution in [3.05, 3.63) is 22.7 Å². The topological polar surface area (TPSA) is 45.6 Å². The van der Waals surface area contributed by atoms with E-state index >= 15 is 0 Å². The lowest BCUT2D eigenvalue weighted by molar-refractivity contribution is -0.116. The Morgan fingerprint density at radius 1 is 1.15 bits per heavy atom. The summed E-state index contributed by atoms with van der Waals surface area (Å²) in [5.41, 5.74) is 2.42. The van der Waals surface area contributed by atoms with Gasteiger partial charge >= 0.3 is 0 Å². The molecule has 138 valence electrons. The lowest BCUT2D eigenvalue weighted by Crippen LogP contribution is -2.34. The third kappa shape index (κ3) is 3.41. The average molecular weight is 370 g/mol. The normalized spacial score (nSPS) is 19.6. The van der Waals surface area contributed by atoms with Crippen LogP contribution in [0.1, 0.15) is 74.1 Å². The van der Waals surface area contributed by atoms with Crippen LogP contribution >= 0.6 is 11.3 Å². The van der Waals surface area contributed by atoms with Crippen molar-refractivity contribution in [1.29, 1.82) is 0 Å². The minimum absolute atomic E-state index is 0.308. The lowest BCUT2D eigenvalue weighted by Gasteiger charge is -2.28. The lowest BCUT2D eigenvalue weighted by atomic mass is 9.95. The maximum Gasteiger partial charge on any atom is 0.215 e. The van der Waals surface area contributed by atoms with Crippen LogP contribution in [0.5, 0.6) is 0 Å². The fourth-order valence-electron chi connectivity index (χ4n) is 4.59. The molecule has 0 aromatic carbocycles. The number of carbonyl (C=O) groups is 1. The Morgan fingerprint density at radius 3 is 2.62 bits per heavy atom. The van der Waals surface area contributed by atoms with E-state index < -0.39 is 0 Å². The molecular formula is C21H27N3OS. The van der Waals surface area contributed by atoms with Crippen molar-refractivity contribution in [2.45, 2.75) is 76.7 Å². The molecule has 0 saturated heterocycles. The Hall–Kier alpha value is -1.75. The molecule has 2 aliphatic carbocycles. The van der Waals surface area contributed by atoms with Crippen molar-refractivity contribution in [3.63, 3.8) is 0 Å². The number of aliphatic imine (C=N–C) groups is 1. The van der Waals surface area contributed by atoms with E-state index in [4.69, 9.17) is 4.99 Å². The van der Waals surface area contributed by atoms with Crippen LogP contribution in [0.25, 0.3) is 10.2 Å². The number of rotatable bonds is 5. The molecular weight excluding hydrogens is 342 g/mol. The van der Waals surface area contributed by atoms with Crippen molar-refractivity contribution in [2.24, 2.45) is 4.99 Å². The number of amides is 1. The summed E-state index contributed by atoms with van der Waals surface area (Å²) in [5, 5.41) is 1.22. The molecule has 2 aromatic rings. The smallest absolute Gasteiger partial charge is 0.215 e. The zero-order valence-corrected chi connectivity index (χ0v) is 16.3. The van der Waals surface area contributed by atoms with Gasteiger partial charge in [-0.25, -0.2) is 9.98 Å². The molecule has 26 heavy (non-hydrogen) atoms. The van der Waals surface area contributed by atoms with E-state index in [2.05, 4.69) is 18.0 Å². The highest BCUT2D eigenvalue weighted by Gasteiger charge is 2.23. The predicted octanol–water partition coefficient (Wildman–Crippen LogP) is 5.71. The van der Waals surface area contributed by atoms with Crippen molar-refractivity contribution in [2.75, 3.05) is 0 Å². The molecule has 1 amide bonds. The van der Waals surface area contributed by atoms with Crippen LogP contribution in [0, 0.1) is 6.92 Å². The summed E-state index contributed by atoms with van der Waals surface area (Å²) < 4.78 is 0. The summed E-state index contributed by atoms with van der Waals surface area (Å²) in [7, 11) is 0. The molecule has 0 N–H and O–H groups in total. The third-order valence-corrected chi connectivity index (χ3v) is 7.00. The third-order valence-electron chi connectivity index (χ3n) is 6.00.